The zero-order chi connectivity index (χ0) is 20.3. The lowest BCUT2D eigenvalue weighted by Crippen LogP contribution is -2.32. The first-order chi connectivity index (χ1) is 13.3. The van der Waals surface area contributed by atoms with Gasteiger partial charge in [0, 0.05) is 17.1 Å². The minimum atomic E-state index is -2.39. The zero-order valence-corrected chi connectivity index (χ0v) is 22.4. The summed E-state index contributed by atoms with van der Waals surface area (Å²) in [5, 5.41) is 3.19. The van der Waals surface area contributed by atoms with Crippen molar-refractivity contribution in [1.82, 2.24) is 0 Å². The Bertz CT molecular complexity index is 910. The number of hydrogen-bond donors (Lipinski definition) is 0. The first kappa shape index (κ1) is 22.3. The van der Waals surface area contributed by atoms with E-state index in [2.05, 4.69) is 29.2 Å². The maximum Gasteiger partial charge on any atom is 0.277 e. The molecule has 28 heavy (non-hydrogen) atoms. The summed E-state index contributed by atoms with van der Waals surface area (Å²) in [5.41, 5.74) is 3.09. The van der Waals surface area contributed by atoms with Gasteiger partial charge in [0.2, 0.25) is 0 Å². The van der Waals surface area contributed by atoms with E-state index in [4.69, 9.17) is 55.4 Å². The molecule has 0 saturated carbocycles. The van der Waals surface area contributed by atoms with Crippen molar-refractivity contribution in [3.8, 4) is 0 Å². The van der Waals surface area contributed by atoms with E-state index in [1.807, 2.05) is 55.1 Å². The van der Waals surface area contributed by atoms with E-state index < -0.39 is 22.9 Å². The first-order valence-corrected chi connectivity index (χ1v) is 20.0. The summed E-state index contributed by atoms with van der Waals surface area (Å²) >= 11 is 31.1. The Morgan fingerprint density at radius 3 is 1.57 bits per heavy atom. The number of rotatable bonds is 6. The molecule has 3 aromatic rings. The van der Waals surface area contributed by atoms with Crippen molar-refractivity contribution in [2.45, 2.75) is 6.55 Å². The quantitative estimate of drug-likeness (QED) is 0.334. The molecule has 0 bridgehead atoms. The Hall–Kier alpha value is -0.439. The SMILES string of the molecule is C[Si](Cl)(Cl)c1ccc(N(c2ccc([SiH2]Cl)cc2)c2ccc([SiH](Cl)Cl)cc2)cc1. The maximum absolute atomic E-state index is 6.37. The van der Waals surface area contributed by atoms with E-state index >= 15 is 0 Å². The Kier molecular flexibility index (Phi) is 7.61. The van der Waals surface area contributed by atoms with Crippen molar-refractivity contribution in [2.75, 3.05) is 4.90 Å². The van der Waals surface area contributed by atoms with Gasteiger partial charge in [-0.15, -0.1) is 44.3 Å². The van der Waals surface area contributed by atoms with E-state index in [1.165, 1.54) is 5.19 Å². The monoisotopic (exact) mass is 519 g/mol. The molecule has 3 aromatic carbocycles. The smallest absolute Gasteiger partial charge is 0.277 e. The number of nitrogens with zero attached hydrogens (tertiary/aromatic N) is 1. The first-order valence-electron chi connectivity index (χ1n) is 8.61. The largest absolute Gasteiger partial charge is 0.311 e. The molecule has 0 saturated heterocycles. The summed E-state index contributed by atoms with van der Waals surface area (Å²) in [5.74, 6) is 0. The molecule has 9 heteroatoms. The van der Waals surface area contributed by atoms with E-state index in [0.717, 1.165) is 27.4 Å². The van der Waals surface area contributed by atoms with Gasteiger partial charge in [0.05, 0.1) is 0 Å². The molecule has 0 atom stereocenters. The minimum Gasteiger partial charge on any atom is -0.311 e. The van der Waals surface area contributed by atoms with Gasteiger partial charge < -0.3 is 4.90 Å². The van der Waals surface area contributed by atoms with Crippen LogP contribution in [-0.2, 0) is 0 Å². The van der Waals surface area contributed by atoms with Gasteiger partial charge in [0.1, 0.15) is 0 Å². The van der Waals surface area contributed by atoms with Gasteiger partial charge in [-0.2, -0.15) is 11.1 Å². The van der Waals surface area contributed by atoms with Gasteiger partial charge in [-0.05, 0) is 58.5 Å². The fraction of sp³-hybridized carbons (Fsp3) is 0.0526. The van der Waals surface area contributed by atoms with Crippen molar-refractivity contribution in [2.24, 2.45) is 0 Å². The fourth-order valence-corrected chi connectivity index (χ4v) is 6.67. The Balaban J connectivity index is 2.05. The van der Waals surface area contributed by atoms with Crippen LogP contribution in [0.25, 0.3) is 0 Å². The number of hydrogen-bond acceptors (Lipinski definition) is 1. The molecule has 0 spiro atoms. The lowest BCUT2D eigenvalue weighted by atomic mass is 10.2. The lowest BCUT2D eigenvalue weighted by Gasteiger charge is -2.26. The lowest BCUT2D eigenvalue weighted by molar-refractivity contribution is 1.29. The third kappa shape index (κ3) is 5.37. The van der Waals surface area contributed by atoms with Crippen LogP contribution in [0.4, 0.5) is 17.1 Å². The van der Waals surface area contributed by atoms with Crippen LogP contribution < -0.4 is 20.5 Å². The molecule has 0 radical (unpaired) electrons. The van der Waals surface area contributed by atoms with E-state index in [0.29, 0.717) is 0 Å². The Labute approximate surface area is 194 Å². The average Bonchev–Trinajstić information content (AvgIpc) is 2.69. The molecule has 0 unspecified atom stereocenters. The van der Waals surface area contributed by atoms with Gasteiger partial charge in [-0.3, -0.25) is 0 Å². The number of halogens is 5. The Morgan fingerprint density at radius 1 is 0.750 bits per heavy atom. The molecule has 0 aliphatic rings. The van der Waals surface area contributed by atoms with Gasteiger partial charge in [0.25, 0.3) is 14.1 Å². The molecule has 3 rings (SSSR count). The average molecular weight is 522 g/mol. The summed E-state index contributed by atoms with van der Waals surface area (Å²) < 4.78 is 0. The van der Waals surface area contributed by atoms with E-state index in [-0.39, 0.29) is 0 Å². The number of anilines is 3. The molecular formula is C19H18Cl5NSi3. The number of benzene rings is 3. The summed E-state index contributed by atoms with van der Waals surface area (Å²) in [6.07, 6.45) is 0. The van der Waals surface area contributed by atoms with E-state index in [9.17, 15) is 0 Å². The second-order valence-corrected chi connectivity index (χ2v) is 20.4. The second-order valence-electron chi connectivity index (χ2n) is 6.46. The van der Waals surface area contributed by atoms with Gasteiger partial charge in [0.15, 0.2) is 8.83 Å². The van der Waals surface area contributed by atoms with Crippen LogP contribution >= 0.6 is 55.4 Å². The highest BCUT2D eigenvalue weighted by atomic mass is 35.7. The molecule has 0 aromatic heterocycles. The molecule has 1 nitrogen and oxygen atoms in total. The highest BCUT2D eigenvalue weighted by Crippen LogP contribution is 2.33. The summed E-state index contributed by atoms with van der Waals surface area (Å²) in [7, 11) is -2.58. The maximum atomic E-state index is 6.37. The fourth-order valence-electron chi connectivity index (χ4n) is 2.85. The van der Waals surface area contributed by atoms with Crippen LogP contribution in [-0.4, -0.2) is 22.9 Å². The molecule has 0 amide bonds. The van der Waals surface area contributed by atoms with Crippen molar-refractivity contribution >= 4 is 111 Å². The normalized spacial score (nSPS) is 12.1. The van der Waals surface area contributed by atoms with Gasteiger partial charge in [-0.25, -0.2) is 0 Å². The zero-order valence-electron chi connectivity index (χ0n) is 15.0. The molecule has 0 fully saturated rings. The summed E-state index contributed by atoms with van der Waals surface area (Å²) in [4.78, 5) is 2.17. The molecule has 0 heterocycles. The van der Waals surface area contributed by atoms with Crippen LogP contribution in [0.5, 0.6) is 0 Å². The van der Waals surface area contributed by atoms with Crippen molar-refractivity contribution in [3.05, 3.63) is 72.8 Å². The molecule has 0 aliphatic heterocycles. The topological polar surface area (TPSA) is 3.24 Å². The van der Waals surface area contributed by atoms with Crippen LogP contribution in [0.15, 0.2) is 72.8 Å². The molecule has 0 aliphatic carbocycles. The van der Waals surface area contributed by atoms with Crippen LogP contribution in [0.1, 0.15) is 0 Å². The second kappa shape index (κ2) is 9.58. The van der Waals surface area contributed by atoms with Crippen molar-refractivity contribution < 1.29 is 0 Å². The molecule has 0 N–H and O–H groups in total. The Morgan fingerprint density at radius 2 is 1.18 bits per heavy atom. The third-order valence-corrected chi connectivity index (χ3v) is 11.1. The van der Waals surface area contributed by atoms with Crippen LogP contribution in [0.3, 0.4) is 0 Å². The van der Waals surface area contributed by atoms with Crippen molar-refractivity contribution in [3.63, 3.8) is 0 Å². The highest BCUT2D eigenvalue weighted by molar-refractivity contribution is 7.50. The highest BCUT2D eigenvalue weighted by Gasteiger charge is 2.24. The summed E-state index contributed by atoms with van der Waals surface area (Å²) in [6.45, 7) is -0.493. The van der Waals surface area contributed by atoms with Crippen molar-refractivity contribution in [1.29, 1.82) is 0 Å². The standard InChI is InChI=1S/C19H18Cl5NSi3/c1-28(23,24)19-12-6-16(7-13-19)25(14-2-8-17(26-20)9-3-14)15-4-10-18(11-5-15)27(21)22/h2-13,27H,26H2,1H3. The predicted octanol–water partition coefficient (Wildman–Crippen LogP) is 4.77. The van der Waals surface area contributed by atoms with E-state index in [1.54, 1.807) is 0 Å². The van der Waals surface area contributed by atoms with Gasteiger partial charge in [-0.1, -0.05) is 36.4 Å². The molecule has 146 valence electrons. The van der Waals surface area contributed by atoms with Gasteiger partial charge >= 0.3 is 0 Å². The van der Waals surface area contributed by atoms with Crippen LogP contribution in [0, 0.1) is 0 Å². The molecular weight excluding hydrogens is 504 g/mol. The predicted molar refractivity (Wildman–Crippen MR) is 137 cm³/mol. The third-order valence-electron chi connectivity index (χ3n) is 4.38. The summed E-state index contributed by atoms with van der Waals surface area (Å²) in [6, 6.07) is 24.5. The van der Waals surface area contributed by atoms with Crippen LogP contribution in [0.2, 0.25) is 6.55 Å². The minimum absolute atomic E-state index is 0.706.